The molecule has 3 N–H and O–H groups in total. The first kappa shape index (κ1) is 12.6. The first-order chi connectivity index (χ1) is 8.60. The number of aromatic nitrogens is 2. The zero-order chi connectivity index (χ0) is 13.1. The second-order valence-corrected chi connectivity index (χ2v) is 4.70. The topological polar surface area (TPSA) is 77.0 Å². The van der Waals surface area contributed by atoms with Gasteiger partial charge in [-0.05, 0) is 25.3 Å². The van der Waals surface area contributed by atoms with Gasteiger partial charge < -0.3 is 9.84 Å². The molecule has 0 unspecified atom stereocenters. The molecule has 0 radical (unpaired) electrons. The molecular weight excluding hydrogens is 228 g/mol. The number of nitrogens with one attached hydrogen (secondary N) is 1. The molecule has 0 aromatic carbocycles. The van der Waals surface area contributed by atoms with Crippen molar-refractivity contribution in [3.05, 3.63) is 29.9 Å². The minimum atomic E-state index is 0.531. The van der Waals surface area contributed by atoms with Gasteiger partial charge in [0.15, 0.2) is 5.82 Å². The third-order valence-corrected chi connectivity index (χ3v) is 2.64. The van der Waals surface area contributed by atoms with Gasteiger partial charge in [0.05, 0.1) is 11.8 Å². The molecule has 0 aliphatic rings. The van der Waals surface area contributed by atoms with E-state index in [4.69, 9.17) is 10.3 Å². The second-order valence-electron chi connectivity index (χ2n) is 4.70. The molecule has 0 atom stereocenters. The summed E-state index contributed by atoms with van der Waals surface area (Å²) in [4.78, 5) is 8.91. The Kier molecular flexibility index (Phi) is 3.62. The van der Waals surface area contributed by atoms with Crippen LogP contribution in [0.25, 0.3) is 11.4 Å². The quantitative estimate of drug-likeness (QED) is 0.640. The predicted octanol–water partition coefficient (Wildman–Crippen LogP) is 2.53. The lowest BCUT2D eigenvalue weighted by molar-refractivity contribution is 0.535. The number of furan rings is 1. The van der Waals surface area contributed by atoms with E-state index in [0.29, 0.717) is 17.6 Å². The number of aryl methyl sites for hydroxylation is 1. The van der Waals surface area contributed by atoms with E-state index < -0.39 is 0 Å². The predicted molar refractivity (Wildman–Crippen MR) is 70.8 cm³/mol. The standard InChI is InChI=1S/C13H18N4O/c1-8(2)6-10-7-12(17-14)16-13(15-10)11-4-5-18-9(11)3/h4-5,7-8H,6,14H2,1-3H3,(H,15,16,17). The van der Waals surface area contributed by atoms with E-state index in [1.54, 1.807) is 6.26 Å². The molecular formula is C13H18N4O. The van der Waals surface area contributed by atoms with Crippen LogP contribution in [-0.2, 0) is 6.42 Å². The Labute approximate surface area is 106 Å². The minimum absolute atomic E-state index is 0.531. The molecule has 2 aromatic heterocycles. The molecule has 2 aromatic rings. The summed E-state index contributed by atoms with van der Waals surface area (Å²) >= 11 is 0. The first-order valence-corrected chi connectivity index (χ1v) is 5.99. The zero-order valence-electron chi connectivity index (χ0n) is 10.9. The third-order valence-electron chi connectivity index (χ3n) is 2.64. The molecule has 0 saturated heterocycles. The normalized spacial score (nSPS) is 10.9. The molecule has 2 rings (SSSR count). The van der Waals surface area contributed by atoms with Crippen molar-refractivity contribution in [3.8, 4) is 11.4 Å². The smallest absolute Gasteiger partial charge is 0.165 e. The monoisotopic (exact) mass is 246 g/mol. The molecule has 5 heteroatoms. The molecule has 0 bridgehead atoms. The van der Waals surface area contributed by atoms with Crippen LogP contribution in [0.15, 0.2) is 22.8 Å². The number of hydrogen-bond donors (Lipinski definition) is 2. The summed E-state index contributed by atoms with van der Waals surface area (Å²) in [5.41, 5.74) is 4.46. The molecule has 0 saturated carbocycles. The fourth-order valence-corrected chi connectivity index (χ4v) is 1.83. The van der Waals surface area contributed by atoms with Gasteiger partial charge in [0.2, 0.25) is 0 Å². The van der Waals surface area contributed by atoms with Crippen LogP contribution in [0.2, 0.25) is 0 Å². The molecule has 5 nitrogen and oxygen atoms in total. The summed E-state index contributed by atoms with van der Waals surface area (Å²) in [7, 11) is 0. The van der Waals surface area contributed by atoms with Crippen molar-refractivity contribution in [2.45, 2.75) is 27.2 Å². The van der Waals surface area contributed by atoms with Crippen LogP contribution >= 0.6 is 0 Å². The van der Waals surface area contributed by atoms with Gasteiger partial charge in [-0.25, -0.2) is 15.8 Å². The Balaban J connectivity index is 2.44. The van der Waals surface area contributed by atoms with Crippen LogP contribution in [0, 0.1) is 12.8 Å². The van der Waals surface area contributed by atoms with Gasteiger partial charge in [0, 0.05) is 11.8 Å². The van der Waals surface area contributed by atoms with Gasteiger partial charge >= 0.3 is 0 Å². The van der Waals surface area contributed by atoms with Gasteiger partial charge in [-0.3, -0.25) is 0 Å². The van der Waals surface area contributed by atoms with E-state index in [-0.39, 0.29) is 0 Å². The third kappa shape index (κ3) is 2.68. The summed E-state index contributed by atoms with van der Waals surface area (Å²) in [5, 5.41) is 0. The van der Waals surface area contributed by atoms with E-state index in [0.717, 1.165) is 23.4 Å². The number of rotatable bonds is 4. The average Bonchev–Trinajstić information content (AvgIpc) is 2.74. The van der Waals surface area contributed by atoms with Crippen molar-refractivity contribution in [2.75, 3.05) is 5.43 Å². The highest BCUT2D eigenvalue weighted by Crippen LogP contribution is 2.23. The fourth-order valence-electron chi connectivity index (χ4n) is 1.83. The summed E-state index contributed by atoms with van der Waals surface area (Å²) in [5.74, 6) is 8.05. The lowest BCUT2D eigenvalue weighted by atomic mass is 10.1. The number of nitrogen functional groups attached to an aromatic ring is 1. The minimum Gasteiger partial charge on any atom is -0.469 e. The summed E-state index contributed by atoms with van der Waals surface area (Å²) in [6.45, 7) is 6.20. The maximum absolute atomic E-state index is 5.45. The Bertz CT molecular complexity index is 534. The molecule has 0 aliphatic carbocycles. The van der Waals surface area contributed by atoms with Crippen molar-refractivity contribution in [3.63, 3.8) is 0 Å². The van der Waals surface area contributed by atoms with E-state index in [2.05, 4.69) is 29.2 Å². The van der Waals surface area contributed by atoms with E-state index in [1.165, 1.54) is 0 Å². The van der Waals surface area contributed by atoms with Gasteiger partial charge in [0.1, 0.15) is 11.6 Å². The highest BCUT2D eigenvalue weighted by Gasteiger charge is 2.11. The van der Waals surface area contributed by atoms with Crippen LogP contribution in [0.4, 0.5) is 5.82 Å². The van der Waals surface area contributed by atoms with Gasteiger partial charge in [-0.2, -0.15) is 0 Å². The van der Waals surface area contributed by atoms with Gasteiger partial charge in [-0.1, -0.05) is 13.8 Å². The van der Waals surface area contributed by atoms with Crippen molar-refractivity contribution >= 4 is 5.82 Å². The Hall–Kier alpha value is -1.88. The zero-order valence-corrected chi connectivity index (χ0v) is 10.9. The molecule has 18 heavy (non-hydrogen) atoms. The number of hydrazine groups is 1. The largest absolute Gasteiger partial charge is 0.469 e. The lowest BCUT2D eigenvalue weighted by Crippen LogP contribution is -2.11. The second kappa shape index (κ2) is 5.18. The fraction of sp³-hybridized carbons (Fsp3) is 0.385. The van der Waals surface area contributed by atoms with Crippen molar-refractivity contribution in [1.29, 1.82) is 0 Å². The van der Waals surface area contributed by atoms with E-state index >= 15 is 0 Å². The molecule has 2 heterocycles. The number of nitrogens with two attached hydrogens (primary N) is 1. The van der Waals surface area contributed by atoms with Crippen molar-refractivity contribution in [2.24, 2.45) is 11.8 Å². The number of anilines is 1. The summed E-state index contributed by atoms with van der Waals surface area (Å²) in [6, 6.07) is 3.74. The summed E-state index contributed by atoms with van der Waals surface area (Å²) < 4.78 is 5.28. The highest BCUT2D eigenvalue weighted by molar-refractivity contribution is 5.59. The van der Waals surface area contributed by atoms with E-state index in [9.17, 15) is 0 Å². The number of hydrogen-bond acceptors (Lipinski definition) is 5. The van der Waals surface area contributed by atoms with E-state index in [1.807, 2.05) is 19.1 Å². The van der Waals surface area contributed by atoms with Gasteiger partial charge in [-0.15, -0.1) is 0 Å². The molecule has 0 amide bonds. The molecule has 96 valence electrons. The Morgan fingerprint density at radius 2 is 2.17 bits per heavy atom. The maximum atomic E-state index is 5.45. The van der Waals surface area contributed by atoms with Crippen LogP contribution in [0.5, 0.6) is 0 Å². The summed E-state index contributed by atoms with van der Waals surface area (Å²) in [6.07, 6.45) is 2.53. The molecule has 0 fully saturated rings. The van der Waals surface area contributed by atoms with Crippen LogP contribution in [-0.4, -0.2) is 9.97 Å². The van der Waals surface area contributed by atoms with Crippen LogP contribution in [0.1, 0.15) is 25.3 Å². The average molecular weight is 246 g/mol. The van der Waals surface area contributed by atoms with Crippen molar-refractivity contribution < 1.29 is 4.42 Å². The number of nitrogens with zero attached hydrogens (tertiary/aromatic N) is 2. The molecule has 0 spiro atoms. The molecule has 0 aliphatic heterocycles. The highest BCUT2D eigenvalue weighted by atomic mass is 16.3. The first-order valence-electron chi connectivity index (χ1n) is 5.99. The maximum Gasteiger partial charge on any atom is 0.165 e. The Morgan fingerprint density at radius 3 is 2.72 bits per heavy atom. The van der Waals surface area contributed by atoms with Crippen LogP contribution < -0.4 is 11.3 Å². The van der Waals surface area contributed by atoms with Crippen LogP contribution in [0.3, 0.4) is 0 Å². The van der Waals surface area contributed by atoms with Gasteiger partial charge in [0.25, 0.3) is 0 Å². The SMILES string of the molecule is Cc1occc1-c1nc(CC(C)C)cc(NN)n1. The Morgan fingerprint density at radius 1 is 1.39 bits per heavy atom. The lowest BCUT2D eigenvalue weighted by Gasteiger charge is -2.08. The van der Waals surface area contributed by atoms with Crippen molar-refractivity contribution in [1.82, 2.24) is 9.97 Å².